The standard InChI is InChI=1S/C46H74O16P2/c1-3-5-7-8-9-10-11-12-13-14-15-16-17-18-19-20-21-22-24-30-46(52)62-40(37-61-64(56,57)60-35-39(48)34-59-63(53,54)55)36-58-45(51)29-26-25-28-41-42(44(50)33-43(41)49)32-31-38(47)27-23-6-4-2/h5,7,9-10,12-13,15-16,18-19,21-22,25-26,31-32,38-44,47-50H,3-4,6,8,11,14,17,20,23-24,27-30,33-37H2,1-2H3,(H,56,57)(H2,53,54,55)/b7-5-,10-9-,13-12-,16-15-,19-18-,22-21-,26-25-,32-31+/t38-,39+,40-,41+,42-,43+,44-/m1/s1. The molecule has 64 heavy (non-hydrogen) atoms. The Morgan fingerprint density at radius 2 is 1.23 bits per heavy atom. The first-order valence-corrected chi connectivity index (χ1v) is 25.2. The first kappa shape index (κ1) is 58.9. The van der Waals surface area contributed by atoms with E-state index in [0.29, 0.717) is 25.7 Å². The number of phosphoric ester groups is 2. The van der Waals surface area contributed by atoms with Gasteiger partial charge in [-0.05, 0) is 63.7 Å². The molecule has 0 aliphatic heterocycles. The molecule has 0 spiro atoms. The Balaban J connectivity index is 2.67. The SMILES string of the molecule is CC/C=C\C/C=C\C/C=C\C/C=C\C/C=C\C/C=C\CCC(=O)O[C@H](COC(=O)C/C=C\C[C@H]1[C@@H](/C=C/[C@H](O)CCCCC)[C@H](O)C[C@@H]1O)COP(=O)(O)OC[C@@H](O)COP(=O)(O)O. The van der Waals surface area contributed by atoms with Crippen molar-refractivity contribution in [3.63, 3.8) is 0 Å². The Morgan fingerprint density at radius 1 is 0.672 bits per heavy atom. The normalized spacial score (nSPS) is 21.2. The number of phosphoric acid groups is 2. The van der Waals surface area contributed by atoms with Crippen molar-refractivity contribution < 1.29 is 76.9 Å². The van der Waals surface area contributed by atoms with Crippen LogP contribution in [0.1, 0.15) is 110 Å². The summed E-state index contributed by atoms with van der Waals surface area (Å²) in [5.41, 5.74) is 0. The van der Waals surface area contributed by atoms with E-state index in [1.165, 1.54) is 6.08 Å². The van der Waals surface area contributed by atoms with Crippen LogP contribution in [-0.4, -0.2) is 104 Å². The van der Waals surface area contributed by atoms with Crippen LogP contribution in [0.2, 0.25) is 0 Å². The molecule has 1 aliphatic rings. The second-order valence-corrected chi connectivity index (χ2v) is 17.9. The lowest BCUT2D eigenvalue weighted by molar-refractivity contribution is -0.160. The van der Waals surface area contributed by atoms with E-state index in [-0.39, 0.29) is 31.1 Å². The Kier molecular flexibility index (Phi) is 33.2. The zero-order chi connectivity index (χ0) is 47.5. The quantitative estimate of drug-likeness (QED) is 0.0137. The Labute approximate surface area is 379 Å². The lowest BCUT2D eigenvalue weighted by atomic mass is 9.89. The van der Waals surface area contributed by atoms with E-state index in [0.717, 1.165) is 51.4 Å². The highest BCUT2D eigenvalue weighted by Gasteiger charge is 2.39. The van der Waals surface area contributed by atoms with Crippen LogP contribution in [0.3, 0.4) is 0 Å². The minimum atomic E-state index is -4.92. The molecule has 0 aromatic rings. The van der Waals surface area contributed by atoms with Crippen molar-refractivity contribution in [3.05, 3.63) is 97.2 Å². The third-order valence-corrected chi connectivity index (χ3v) is 11.0. The molecule has 7 N–H and O–H groups in total. The van der Waals surface area contributed by atoms with Crippen LogP contribution in [0.25, 0.3) is 0 Å². The fourth-order valence-electron chi connectivity index (χ4n) is 6.17. The lowest BCUT2D eigenvalue weighted by Crippen LogP contribution is -2.29. The number of unbranched alkanes of at least 4 members (excludes halogenated alkanes) is 2. The number of allylic oxidation sites excluding steroid dienone is 13. The van der Waals surface area contributed by atoms with Gasteiger partial charge in [-0.3, -0.25) is 23.2 Å². The van der Waals surface area contributed by atoms with Crippen molar-refractivity contribution in [1.29, 1.82) is 0 Å². The van der Waals surface area contributed by atoms with Gasteiger partial charge in [0.25, 0.3) is 0 Å². The third-order valence-electron chi connectivity index (χ3n) is 9.56. The second-order valence-electron chi connectivity index (χ2n) is 15.2. The van der Waals surface area contributed by atoms with Crippen molar-refractivity contribution in [2.45, 2.75) is 141 Å². The average Bonchev–Trinajstić information content (AvgIpc) is 3.52. The number of esters is 2. The van der Waals surface area contributed by atoms with Crippen LogP contribution < -0.4 is 0 Å². The fraction of sp³-hybridized carbons (Fsp3) is 0.609. The summed E-state index contributed by atoms with van der Waals surface area (Å²) >= 11 is 0. The number of aliphatic hydroxyl groups is 4. The monoisotopic (exact) mass is 944 g/mol. The summed E-state index contributed by atoms with van der Waals surface area (Å²) in [4.78, 5) is 53.0. The van der Waals surface area contributed by atoms with Gasteiger partial charge in [-0.25, -0.2) is 9.13 Å². The van der Waals surface area contributed by atoms with Crippen LogP contribution in [0, 0.1) is 11.8 Å². The van der Waals surface area contributed by atoms with Crippen LogP contribution in [0.5, 0.6) is 0 Å². The summed E-state index contributed by atoms with van der Waals surface area (Å²) in [5.74, 6) is -2.17. The molecule has 18 heteroatoms. The molecular weight excluding hydrogens is 870 g/mol. The fourth-order valence-corrected chi connectivity index (χ4v) is 7.32. The summed E-state index contributed by atoms with van der Waals surface area (Å²) in [6.07, 6.45) is 35.5. The molecule has 0 amide bonds. The molecular formula is C46H74O16P2. The van der Waals surface area contributed by atoms with E-state index in [1.807, 2.05) is 18.2 Å². The number of rotatable bonds is 36. The molecule has 1 fully saturated rings. The zero-order valence-corrected chi connectivity index (χ0v) is 39.2. The van der Waals surface area contributed by atoms with Gasteiger partial charge in [0.1, 0.15) is 12.7 Å². The third kappa shape index (κ3) is 32.6. The summed E-state index contributed by atoms with van der Waals surface area (Å²) in [6.45, 7) is 1.06. The Morgan fingerprint density at radius 3 is 1.81 bits per heavy atom. The molecule has 0 saturated heterocycles. The minimum Gasteiger partial charge on any atom is -0.461 e. The predicted molar refractivity (Wildman–Crippen MR) is 245 cm³/mol. The van der Waals surface area contributed by atoms with E-state index in [9.17, 15) is 44.0 Å². The Bertz CT molecular complexity index is 1610. The van der Waals surface area contributed by atoms with Gasteiger partial charge in [-0.2, -0.15) is 0 Å². The molecule has 0 aromatic heterocycles. The molecule has 1 aliphatic carbocycles. The van der Waals surface area contributed by atoms with Crippen LogP contribution in [0.15, 0.2) is 97.2 Å². The van der Waals surface area contributed by atoms with Gasteiger partial charge in [0.15, 0.2) is 6.10 Å². The van der Waals surface area contributed by atoms with Gasteiger partial charge >= 0.3 is 27.6 Å². The van der Waals surface area contributed by atoms with Gasteiger partial charge in [-0.1, -0.05) is 130 Å². The molecule has 8 atom stereocenters. The van der Waals surface area contributed by atoms with Gasteiger partial charge in [0, 0.05) is 18.8 Å². The highest BCUT2D eigenvalue weighted by atomic mass is 31.2. The second kappa shape index (κ2) is 36.1. The smallest absolute Gasteiger partial charge is 0.461 e. The summed E-state index contributed by atoms with van der Waals surface area (Å²) in [6, 6.07) is 0. The number of hydrogen-bond donors (Lipinski definition) is 7. The van der Waals surface area contributed by atoms with Gasteiger partial charge in [0.05, 0.1) is 44.6 Å². The average molecular weight is 945 g/mol. The maximum atomic E-state index is 12.7. The molecule has 1 rings (SSSR count). The first-order chi connectivity index (χ1) is 30.6. The predicted octanol–water partition coefficient (Wildman–Crippen LogP) is 7.71. The van der Waals surface area contributed by atoms with Crippen molar-refractivity contribution in [3.8, 4) is 0 Å². The molecule has 16 nitrogen and oxygen atoms in total. The van der Waals surface area contributed by atoms with Gasteiger partial charge in [-0.15, -0.1) is 0 Å². The molecule has 0 radical (unpaired) electrons. The molecule has 0 aromatic carbocycles. The molecule has 0 heterocycles. The summed E-state index contributed by atoms with van der Waals surface area (Å²) in [7, 11) is -9.83. The first-order valence-electron chi connectivity index (χ1n) is 22.2. The largest absolute Gasteiger partial charge is 0.472 e. The summed E-state index contributed by atoms with van der Waals surface area (Å²) < 4.78 is 47.6. The molecule has 1 unspecified atom stereocenters. The highest BCUT2D eigenvalue weighted by molar-refractivity contribution is 7.47. The van der Waals surface area contributed by atoms with Crippen LogP contribution in [-0.2, 0) is 41.8 Å². The summed E-state index contributed by atoms with van der Waals surface area (Å²) in [5, 5.41) is 41.1. The Hall–Kier alpha value is -3.08. The lowest BCUT2D eigenvalue weighted by Gasteiger charge is -2.20. The zero-order valence-electron chi connectivity index (χ0n) is 37.4. The van der Waals surface area contributed by atoms with Crippen LogP contribution >= 0.6 is 15.6 Å². The van der Waals surface area contributed by atoms with E-state index >= 15 is 0 Å². The van der Waals surface area contributed by atoms with Crippen molar-refractivity contribution >= 4 is 27.6 Å². The number of carbonyl (C=O) groups is 2. The van der Waals surface area contributed by atoms with Crippen molar-refractivity contribution in [2.24, 2.45) is 11.8 Å². The maximum absolute atomic E-state index is 12.7. The number of carbonyl (C=O) groups excluding carboxylic acids is 2. The van der Waals surface area contributed by atoms with Gasteiger partial charge < -0.3 is 44.6 Å². The van der Waals surface area contributed by atoms with E-state index in [4.69, 9.17) is 23.8 Å². The van der Waals surface area contributed by atoms with Gasteiger partial charge in [0.2, 0.25) is 0 Å². The van der Waals surface area contributed by atoms with Crippen LogP contribution in [0.4, 0.5) is 0 Å². The van der Waals surface area contributed by atoms with E-state index in [2.05, 4.69) is 71.5 Å². The minimum absolute atomic E-state index is 0.0654. The topological polar surface area (TPSA) is 256 Å². The highest BCUT2D eigenvalue weighted by Crippen LogP contribution is 2.44. The number of hydrogen-bond acceptors (Lipinski definition) is 13. The molecule has 364 valence electrons. The number of ether oxygens (including phenoxy) is 2. The van der Waals surface area contributed by atoms with E-state index < -0.39 is 84.5 Å². The number of aliphatic hydroxyl groups excluding tert-OH is 4. The maximum Gasteiger partial charge on any atom is 0.472 e. The molecule has 0 bridgehead atoms. The van der Waals surface area contributed by atoms with E-state index in [1.54, 1.807) is 24.3 Å². The molecule has 1 saturated carbocycles. The van der Waals surface area contributed by atoms with Crippen molar-refractivity contribution in [2.75, 3.05) is 26.4 Å². The van der Waals surface area contributed by atoms with Crippen molar-refractivity contribution in [1.82, 2.24) is 0 Å².